The third-order valence-corrected chi connectivity index (χ3v) is 6.86. The maximum Gasteiger partial charge on any atom is 0.265 e. The number of benzene rings is 1. The van der Waals surface area contributed by atoms with E-state index in [4.69, 9.17) is 10.6 Å². The van der Waals surface area contributed by atoms with Crippen LogP contribution in [0.5, 0.6) is 0 Å². The molecule has 0 radical (unpaired) electrons. The molecule has 1 aliphatic carbocycles. The van der Waals surface area contributed by atoms with Crippen molar-refractivity contribution in [2.24, 2.45) is 11.8 Å². The van der Waals surface area contributed by atoms with Gasteiger partial charge in [-0.05, 0) is 72.4 Å². The largest absolute Gasteiger partial charge is 0.387 e. The molecule has 3 N–H and O–H groups in total. The highest BCUT2D eigenvalue weighted by atomic mass is 16.5. The van der Waals surface area contributed by atoms with Gasteiger partial charge in [-0.3, -0.25) is 14.4 Å². The van der Waals surface area contributed by atoms with Crippen LogP contribution in [-0.4, -0.2) is 53.4 Å². The lowest BCUT2D eigenvalue weighted by Gasteiger charge is -2.27. The van der Waals surface area contributed by atoms with Crippen molar-refractivity contribution in [3.63, 3.8) is 0 Å². The lowest BCUT2D eigenvalue weighted by Crippen LogP contribution is -2.37. The fourth-order valence-electron chi connectivity index (χ4n) is 4.50. The van der Waals surface area contributed by atoms with Crippen molar-refractivity contribution in [2.75, 3.05) is 37.9 Å². The van der Waals surface area contributed by atoms with E-state index in [1.807, 2.05) is 41.4 Å². The minimum Gasteiger partial charge on any atom is -0.387 e. The Hall–Kier alpha value is -3.20. The first kappa shape index (κ1) is 23.5. The number of carbonyl (C=O) groups is 1. The number of hydrogen-bond acceptors (Lipinski definition) is 6. The molecule has 35 heavy (non-hydrogen) atoms. The molecule has 2 aromatic rings. The number of allylic oxidation sites excluding steroid dienone is 2. The number of rotatable bonds is 8. The first-order chi connectivity index (χ1) is 17.1. The molecule has 1 aromatic carbocycles. The number of ether oxygens (including phenoxy) is 1. The van der Waals surface area contributed by atoms with Crippen molar-refractivity contribution in [1.82, 2.24) is 20.0 Å². The van der Waals surface area contributed by atoms with Crippen molar-refractivity contribution in [3.8, 4) is 0 Å². The number of dihydropyridines is 1. The smallest absolute Gasteiger partial charge is 0.265 e. The monoisotopic (exact) mass is 474 g/mol. The van der Waals surface area contributed by atoms with E-state index >= 15 is 0 Å². The number of nitrogens with two attached hydrogens (primary N) is 1. The van der Waals surface area contributed by atoms with Crippen LogP contribution in [0, 0.1) is 12.8 Å². The molecule has 8 heteroatoms. The first-order valence-electron chi connectivity index (χ1n) is 12.4. The number of nitrogens with zero attached hydrogens (tertiary/aromatic N) is 4. The zero-order valence-corrected chi connectivity index (χ0v) is 20.3. The normalized spacial score (nSPS) is 18.8. The van der Waals surface area contributed by atoms with Gasteiger partial charge < -0.3 is 10.1 Å². The van der Waals surface area contributed by atoms with E-state index in [1.165, 1.54) is 23.4 Å². The molecule has 1 amide bonds. The summed E-state index contributed by atoms with van der Waals surface area (Å²) < 4.78 is 7.46. The van der Waals surface area contributed by atoms with Gasteiger partial charge in [-0.1, -0.05) is 12.1 Å². The Morgan fingerprint density at radius 1 is 1.31 bits per heavy atom. The molecule has 3 aliphatic rings. The van der Waals surface area contributed by atoms with Crippen LogP contribution >= 0.6 is 0 Å². The maximum absolute atomic E-state index is 12.9. The Morgan fingerprint density at radius 2 is 2.14 bits per heavy atom. The van der Waals surface area contributed by atoms with Gasteiger partial charge in [-0.25, -0.2) is 10.9 Å². The molecule has 2 aliphatic heterocycles. The fourth-order valence-corrected chi connectivity index (χ4v) is 4.50. The predicted molar refractivity (Wildman–Crippen MR) is 137 cm³/mol. The lowest BCUT2D eigenvalue weighted by atomic mass is 10.00. The van der Waals surface area contributed by atoms with Gasteiger partial charge in [0.25, 0.3) is 5.91 Å². The molecular formula is C27H34N6O2. The van der Waals surface area contributed by atoms with E-state index in [-0.39, 0.29) is 5.91 Å². The summed E-state index contributed by atoms with van der Waals surface area (Å²) in [7, 11) is 0. The Morgan fingerprint density at radius 3 is 2.91 bits per heavy atom. The van der Waals surface area contributed by atoms with Crippen LogP contribution in [0.1, 0.15) is 29.5 Å². The molecule has 0 spiro atoms. The molecular weight excluding hydrogens is 440 g/mol. The summed E-state index contributed by atoms with van der Waals surface area (Å²) in [5.74, 6) is 6.71. The molecule has 0 atom stereocenters. The molecule has 2 fully saturated rings. The van der Waals surface area contributed by atoms with Crippen LogP contribution in [0.15, 0.2) is 60.6 Å². The third-order valence-electron chi connectivity index (χ3n) is 6.86. The van der Waals surface area contributed by atoms with Gasteiger partial charge in [-0.2, -0.15) is 5.10 Å². The Labute approximate surface area is 206 Å². The van der Waals surface area contributed by atoms with E-state index in [0.717, 1.165) is 67.6 Å². The number of nitrogens with one attached hydrogen (secondary N) is 1. The molecule has 0 bridgehead atoms. The highest BCUT2D eigenvalue weighted by Crippen LogP contribution is 2.31. The predicted octanol–water partition coefficient (Wildman–Crippen LogP) is 2.77. The van der Waals surface area contributed by atoms with Crippen molar-refractivity contribution in [1.29, 1.82) is 0 Å². The van der Waals surface area contributed by atoms with Crippen LogP contribution in [0.25, 0.3) is 5.57 Å². The van der Waals surface area contributed by atoms with Gasteiger partial charge in [-0.15, -0.1) is 0 Å². The van der Waals surface area contributed by atoms with E-state index in [2.05, 4.69) is 34.5 Å². The van der Waals surface area contributed by atoms with Crippen LogP contribution in [0.2, 0.25) is 0 Å². The van der Waals surface area contributed by atoms with Crippen LogP contribution in [0.4, 0.5) is 5.69 Å². The summed E-state index contributed by atoms with van der Waals surface area (Å²) >= 11 is 0. The van der Waals surface area contributed by atoms with E-state index in [9.17, 15) is 4.79 Å². The number of anilines is 1. The highest BCUT2D eigenvalue weighted by Gasteiger charge is 2.22. The number of carbonyl (C=O) groups excluding carboxylic acids is 1. The van der Waals surface area contributed by atoms with E-state index in [0.29, 0.717) is 12.2 Å². The van der Waals surface area contributed by atoms with E-state index < -0.39 is 0 Å². The van der Waals surface area contributed by atoms with Crippen molar-refractivity contribution >= 4 is 17.2 Å². The van der Waals surface area contributed by atoms with Gasteiger partial charge >= 0.3 is 0 Å². The number of amides is 1. The van der Waals surface area contributed by atoms with E-state index in [1.54, 1.807) is 6.08 Å². The van der Waals surface area contributed by atoms with Gasteiger partial charge in [0.05, 0.1) is 25.1 Å². The number of hydrazine groups is 1. The fraction of sp³-hybridized carbons (Fsp3) is 0.407. The van der Waals surface area contributed by atoms with Crippen LogP contribution < -0.4 is 16.2 Å². The number of aromatic nitrogens is 2. The second-order valence-electron chi connectivity index (χ2n) is 9.59. The molecule has 3 heterocycles. The molecule has 0 unspecified atom stereocenters. The zero-order valence-electron chi connectivity index (χ0n) is 20.3. The number of aryl methyl sites for hydroxylation is 1. The second kappa shape index (κ2) is 10.6. The zero-order chi connectivity index (χ0) is 24.2. The lowest BCUT2D eigenvalue weighted by molar-refractivity contribution is -0.114. The number of hydrogen-bond donors (Lipinski definition) is 2. The van der Waals surface area contributed by atoms with Gasteiger partial charge in [0, 0.05) is 50.6 Å². The van der Waals surface area contributed by atoms with Crippen molar-refractivity contribution < 1.29 is 9.53 Å². The average Bonchev–Trinajstić information content (AvgIpc) is 3.58. The minimum atomic E-state index is -0.267. The Balaban J connectivity index is 1.26. The standard InChI is InChI=1S/C27H34N6O2/c1-20-14-25(6-4-23(20)18-31-10-12-35-13-11-31)33(28)27(34)7-5-22-15-29-9-8-26(22)24-16-30-32(19-24)17-21-2-3-21/h4-9,14,16,19,21,29H,2-3,10-13,15,17-18,28H2,1H3/b7-5+. The van der Waals surface area contributed by atoms with Crippen LogP contribution in [-0.2, 0) is 22.6 Å². The average molecular weight is 475 g/mol. The minimum absolute atomic E-state index is 0.267. The third kappa shape index (κ3) is 5.90. The molecule has 184 valence electrons. The molecule has 1 saturated heterocycles. The summed E-state index contributed by atoms with van der Waals surface area (Å²) in [6.45, 7) is 8.00. The molecule has 5 rings (SSSR count). The highest BCUT2D eigenvalue weighted by molar-refractivity contribution is 6.01. The van der Waals surface area contributed by atoms with Crippen molar-refractivity contribution in [3.05, 3.63) is 77.3 Å². The van der Waals surface area contributed by atoms with Gasteiger partial charge in [0.15, 0.2) is 0 Å². The summed E-state index contributed by atoms with van der Waals surface area (Å²) in [6, 6.07) is 5.95. The number of morpholine rings is 1. The molecule has 1 saturated carbocycles. The second-order valence-corrected chi connectivity index (χ2v) is 9.59. The molecule has 8 nitrogen and oxygen atoms in total. The maximum atomic E-state index is 12.9. The summed E-state index contributed by atoms with van der Waals surface area (Å²) in [5, 5.41) is 8.96. The Kier molecular flexibility index (Phi) is 7.13. The van der Waals surface area contributed by atoms with Crippen LogP contribution in [0.3, 0.4) is 0 Å². The summed E-state index contributed by atoms with van der Waals surface area (Å²) in [5.41, 5.74) is 6.20. The summed E-state index contributed by atoms with van der Waals surface area (Å²) in [6.07, 6.45) is 13.9. The molecule has 1 aromatic heterocycles. The SMILES string of the molecule is Cc1cc(N(N)C(=O)/C=C/C2=C(c3cnn(CC4CC4)c3)C=CNC2)ccc1CN1CCOCC1. The Bertz CT molecular complexity index is 1150. The van der Waals surface area contributed by atoms with Crippen molar-refractivity contribution in [2.45, 2.75) is 32.9 Å². The summed E-state index contributed by atoms with van der Waals surface area (Å²) in [4.78, 5) is 15.3. The first-order valence-corrected chi connectivity index (χ1v) is 12.4. The van der Waals surface area contributed by atoms with Gasteiger partial charge in [0.2, 0.25) is 0 Å². The topological polar surface area (TPSA) is 88.7 Å². The quantitative estimate of drug-likeness (QED) is 0.265. The van der Waals surface area contributed by atoms with Gasteiger partial charge in [0.1, 0.15) is 0 Å².